The van der Waals surface area contributed by atoms with Gasteiger partial charge in [0.15, 0.2) is 0 Å². The molecule has 1 aliphatic heterocycles. The van der Waals surface area contributed by atoms with Crippen LogP contribution in [0.25, 0.3) is 0 Å². The standard InChI is InChI=1S/C15H14BrClO4S.C13H10BClO4S/c1-20-10-21-9-11-5-6-14(8-15(11)16)22(18,19)13-4-2-3-12(17)7-13;15-10-2-1-3-11(6-10)20(17,18)12-5-4-9-8-19-14(16)13(9)7-12/h2-8H,9-10H2,1H3;1-7,16H,8H2. The first-order valence-corrected chi connectivity index (χ1v) is 16.7. The van der Waals surface area contributed by atoms with Gasteiger partial charge in [0.1, 0.15) is 6.79 Å². The SMILES string of the molecule is COCOCc1ccc(S(=O)(=O)c2cccc(Cl)c2)cc1Br.O=S(=O)(c1cccc(Cl)c1)c1ccc2c(c1)B(O)OC2. The molecule has 1 N–H and O–H groups in total. The van der Waals surface area contributed by atoms with E-state index in [1.165, 1.54) is 43.5 Å². The van der Waals surface area contributed by atoms with Crippen LogP contribution in [0.15, 0.2) is 109 Å². The van der Waals surface area contributed by atoms with Gasteiger partial charge in [0.2, 0.25) is 19.7 Å². The van der Waals surface area contributed by atoms with E-state index >= 15 is 0 Å². The number of ether oxygens (including phenoxy) is 2. The number of fused-ring (bicyclic) bond motifs is 1. The lowest BCUT2D eigenvalue weighted by molar-refractivity contribution is -0.0392. The molecular weight excluding hydrogens is 690 g/mol. The first-order valence-electron chi connectivity index (χ1n) is 12.2. The molecule has 0 saturated carbocycles. The Balaban J connectivity index is 0.000000193. The van der Waals surface area contributed by atoms with E-state index in [1.54, 1.807) is 48.5 Å². The van der Waals surface area contributed by atoms with Crippen molar-refractivity contribution in [2.45, 2.75) is 32.8 Å². The second-order valence-electron chi connectivity index (χ2n) is 8.95. The summed E-state index contributed by atoms with van der Waals surface area (Å²) in [4.78, 5) is 0.592. The van der Waals surface area contributed by atoms with E-state index in [0.717, 1.165) is 11.1 Å². The molecule has 0 unspecified atom stereocenters. The number of halogens is 3. The van der Waals surface area contributed by atoms with Crippen molar-refractivity contribution in [1.29, 1.82) is 0 Å². The van der Waals surface area contributed by atoms with Gasteiger partial charge in [-0.25, -0.2) is 16.8 Å². The molecule has 0 bridgehead atoms. The highest BCUT2D eigenvalue weighted by atomic mass is 79.9. The molecule has 0 aromatic heterocycles. The Bertz CT molecular complexity index is 1800. The lowest BCUT2D eigenvalue weighted by atomic mass is 9.80. The fraction of sp³-hybridized carbons (Fsp3) is 0.143. The lowest BCUT2D eigenvalue weighted by Gasteiger charge is -2.09. The van der Waals surface area contributed by atoms with E-state index in [1.807, 2.05) is 0 Å². The zero-order valence-electron chi connectivity index (χ0n) is 22.0. The zero-order chi connectivity index (χ0) is 30.5. The first-order chi connectivity index (χ1) is 19.9. The van der Waals surface area contributed by atoms with Gasteiger partial charge >= 0.3 is 7.12 Å². The Hall–Kier alpha value is -2.26. The third-order valence-electron chi connectivity index (χ3n) is 6.10. The Labute approximate surface area is 263 Å². The Morgan fingerprint density at radius 1 is 0.833 bits per heavy atom. The van der Waals surface area contributed by atoms with Crippen LogP contribution in [0, 0.1) is 0 Å². The van der Waals surface area contributed by atoms with Crippen LogP contribution in [0.1, 0.15) is 11.1 Å². The van der Waals surface area contributed by atoms with Gasteiger partial charge in [-0.15, -0.1) is 0 Å². The molecule has 0 fully saturated rings. The highest BCUT2D eigenvalue weighted by molar-refractivity contribution is 9.10. The molecule has 0 radical (unpaired) electrons. The maximum Gasteiger partial charge on any atom is 0.491 e. The predicted octanol–water partition coefficient (Wildman–Crippen LogP) is 5.45. The molecule has 0 amide bonds. The van der Waals surface area contributed by atoms with Crippen LogP contribution in [0.5, 0.6) is 0 Å². The summed E-state index contributed by atoms with van der Waals surface area (Å²) in [5.74, 6) is 0. The second kappa shape index (κ2) is 14.0. The Morgan fingerprint density at radius 2 is 1.38 bits per heavy atom. The van der Waals surface area contributed by atoms with Gasteiger partial charge in [0.25, 0.3) is 0 Å². The minimum absolute atomic E-state index is 0.114. The fourth-order valence-corrected chi connectivity index (χ4v) is 7.78. The molecule has 8 nitrogen and oxygen atoms in total. The van der Waals surface area contributed by atoms with Crippen LogP contribution in [-0.2, 0) is 47.0 Å². The van der Waals surface area contributed by atoms with E-state index in [0.29, 0.717) is 26.6 Å². The van der Waals surface area contributed by atoms with Crippen LogP contribution in [0.2, 0.25) is 10.0 Å². The summed E-state index contributed by atoms with van der Waals surface area (Å²) in [5, 5.41) is 10.4. The van der Waals surface area contributed by atoms with Gasteiger partial charge in [-0.1, -0.05) is 63.4 Å². The molecule has 4 aromatic rings. The lowest BCUT2D eigenvalue weighted by Crippen LogP contribution is -2.28. The maximum absolute atomic E-state index is 12.6. The van der Waals surface area contributed by atoms with Crippen molar-refractivity contribution in [2.24, 2.45) is 0 Å². The Morgan fingerprint density at radius 3 is 1.93 bits per heavy atom. The number of hydrogen-bond donors (Lipinski definition) is 1. The highest BCUT2D eigenvalue weighted by Crippen LogP contribution is 2.28. The summed E-state index contributed by atoms with van der Waals surface area (Å²) < 4.78 is 66.0. The average molecular weight is 714 g/mol. The van der Waals surface area contributed by atoms with Crippen LogP contribution in [0.4, 0.5) is 0 Å². The quantitative estimate of drug-likeness (QED) is 0.146. The highest BCUT2D eigenvalue weighted by Gasteiger charge is 2.29. The summed E-state index contributed by atoms with van der Waals surface area (Å²) >= 11 is 15.1. The van der Waals surface area contributed by atoms with E-state index in [2.05, 4.69) is 15.9 Å². The van der Waals surface area contributed by atoms with Crippen molar-refractivity contribution in [3.63, 3.8) is 0 Å². The summed E-state index contributed by atoms with van der Waals surface area (Å²) in [6.45, 7) is 0.787. The molecule has 0 atom stereocenters. The molecule has 0 saturated heterocycles. The summed E-state index contributed by atoms with van der Waals surface area (Å²) in [6, 6.07) is 21.7. The van der Waals surface area contributed by atoms with Crippen LogP contribution < -0.4 is 5.46 Å². The van der Waals surface area contributed by atoms with Gasteiger partial charge in [0.05, 0.1) is 32.8 Å². The van der Waals surface area contributed by atoms with Crippen molar-refractivity contribution >= 4 is 71.4 Å². The van der Waals surface area contributed by atoms with Gasteiger partial charge < -0.3 is 19.2 Å². The first kappa shape index (κ1) is 32.7. The summed E-state index contributed by atoms with van der Waals surface area (Å²) in [7, 11) is -6.80. The monoisotopic (exact) mass is 712 g/mol. The molecule has 220 valence electrons. The van der Waals surface area contributed by atoms with Crippen molar-refractivity contribution < 1.29 is 36.0 Å². The van der Waals surface area contributed by atoms with E-state index in [-0.39, 0.29) is 33.0 Å². The normalized spacial score (nSPS) is 12.9. The predicted molar refractivity (Wildman–Crippen MR) is 163 cm³/mol. The van der Waals surface area contributed by atoms with E-state index in [9.17, 15) is 21.9 Å². The van der Waals surface area contributed by atoms with Crippen molar-refractivity contribution in [1.82, 2.24) is 0 Å². The number of benzene rings is 4. The minimum atomic E-state index is -3.66. The number of hydrogen-bond acceptors (Lipinski definition) is 8. The molecule has 0 aliphatic carbocycles. The molecule has 0 spiro atoms. The van der Waals surface area contributed by atoms with Crippen LogP contribution in [0.3, 0.4) is 0 Å². The molecule has 42 heavy (non-hydrogen) atoms. The largest absolute Gasteiger partial charge is 0.491 e. The van der Waals surface area contributed by atoms with Crippen LogP contribution >= 0.6 is 39.1 Å². The summed E-state index contributed by atoms with van der Waals surface area (Å²) in [6.07, 6.45) is 0. The number of sulfone groups is 2. The van der Waals surface area contributed by atoms with Crippen molar-refractivity contribution in [2.75, 3.05) is 13.9 Å². The zero-order valence-corrected chi connectivity index (χ0v) is 26.8. The average Bonchev–Trinajstić information content (AvgIpc) is 3.34. The third kappa shape index (κ3) is 7.63. The van der Waals surface area contributed by atoms with Crippen molar-refractivity contribution in [3.05, 3.63) is 111 Å². The molecule has 14 heteroatoms. The van der Waals surface area contributed by atoms with Gasteiger partial charge in [-0.05, 0) is 77.3 Å². The van der Waals surface area contributed by atoms with E-state index in [4.69, 9.17) is 37.3 Å². The third-order valence-corrected chi connectivity index (χ3v) is 10.8. The van der Waals surface area contributed by atoms with Gasteiger partial charge in [0, 0.05) is 21.6 Å². The van der Waals surface area contributed by atoms with Gasteiger partial charge in [-0.3, -0.25) is 0 Å². The number of methoxy groups -OCH3 is 1. The molecule has 1 heterocycles. The van der Waals surface area contributed by atoms with E-state index < -0.39 is 26.8 Å². The van der Waals surface area contributed by atoms with Crippen molar-refractivity contribution in [3.8, 4) is 0 Å². The molecule has 1 aliphatic rings. The molecule has 4 aromatic carbocycles. The summed E-state index contributed by atoms with van der Waals surface area (Å²) in [5.41, 5.74) is 2.12. The van der Waals surface area contributed by atoms with Crippen LogP contribution in [-0.4, -0.2) is 42.9 Å². The number of rotatable bonds is 8. The minimum Gasteiger partial charge on any atom is -0.423 e. The molecule has 5 rings (SSSR count). The maximum atomic E-state index is 12.6. The molecular formula is C28H24BBrCl2O8S2. The fourth-order valence-electron chi connectivity index (χ4n) is 3.95. The Kier molecular flexibility index (Phi) is 10.9. The second-order valence-corrected chi connectivity index (χ2v) is 14.6. The van der Waals surface area contributed by atoms with Gasteiger partial charge in [-0.2, -0.15) is 0 Å². The smallest absolute Gasteiger partial charge is 0.423 e. The topological polar surface area (TPSA) is 116 Å².